The molecule has 0 spiro atoms. The molecule has 0 saturated heterocycles. The highest BCUT2D eigenvalue weighted by Gasteiger charge is 1.98. The van der Waals surface area contributed by atoms with E-state index in [-0.39, 0.29) is 0 Å². The molecule has 0 aliphatic heterocycles. The maximum absolute atomic E-state index is 4.22. The highest BCUT2D eigenvalue weighted by atomic mass is 15.4. The van der Waals surface area contributed by atoms with Crippen molar-refractivity contribution in [3.05, 3.63) is 43.0 Å². The Labute approximate surface area is 79.2 Å². The molecule has 0 aromatic heterocycles. The largest absolute Gasteiger partial charge is 0.262 e. The molecule has 0 N–H and O–H groups in total. The van der Waals surface area contributed by atoms with Gasteiger partial charge in [0.25, 0.3) is 0 Å². The average Bonchev–Trinajstić information content (AvgIpc) is 2.19. The van der Waals surface area contributed by atoms with Gasteiger partial charge in [0.2, 0.25) is 0 Å². The monoisotopic (exact) mass is 174 g/mol. The van der Waals surface area contributed by atoms with Crippen molar-refractivity contribution in [2.24, 2.45) is 5.10 Å². The molecule has 2 nitrogen and oxygen atoms in total. The van der Waals surface area contributed by atoms with Crippen molar-refractivity contribution in [3.8, 4) is 0 Å². The first kappa shape index (κ1) is 9.52. The lowest BCUT2D eigenvalue weighted by Crippen LogP contribution is -2.15. The van der Waals surface area contributed by atoms with Crippen molar-refractivity contribution in [2.45, 2.75) is 6.92 Å². The lowest BCUT2D eigenvalue weighted by molar-refractivity contribution is 0.946. The van der Waals surface area contributed by atoms with Crippen LogP contribution in [0.4, 0.5) is 5.69 Å². The Morgan fingerprint density at radius 2 is 2.08 bits per heavy atom. The topological polar surface area (TPSA) is 15.6 Å². The standard InChI is InChI=1S/C11H14N2/c1-3-10-13(12-4-2)11-8-6-5-7-9-11/h3-9H,1,10H2,2H3/b12-4+. The predicted molar refractivity (Wildman–Crippen MR) is 58.2 cm³/mol. The van der Waals surface area contributed by atoms with E-state index in [0.29, 0.717) is 0 Å². The molecule has 0 fully saturated rings. The molecule has 0 radical (unpaired) electrons. The van der Waals surface area contributed by atoms with Crippen molar-refractivity contribution in [3.63, 3.8) is 0 Å². The van der Waals surface area contributed by atoms with Gasteiger partial charge in [-0.1, -0.05) is 24.3 Å². The van der Waals surface area contributed by atoms with E-state index in [1.54, 1.807) is 6.21 Å². The molecule has 0 amide bonds. The molecule has 2 heteroatoms. The van der Waals surface area contributed by atoms with Crippen molar-refractivity contribution in [1.82, 2.24) is 0 Å². The Morgan fingerprint density at radius 3 is 2.62 bits per heavy atom. The third-order valence-electron chi connectivity index (χ3n) is 1.61. The molecule has 1 rings (SSSR count). The smallest absolute Gasteiger partial charge is 0.0597 e. The Morgan fingerprint density at radius 1 is 1.38 bits per heavy atom. The van der Waals surface area contributed by atoms with Crippen LogP contribution in [-0.2, 0) is 0 Å². The van der Waals surface area contributed by atoms with Crippen LogP contribution >= 0.6 is 0 Å². The first-order valence-corrected chi connectivity index (χ1v) is 4.30. The van der Waals surface area contributed by atoms with E-state index in [4.69, 9.17) is 0 Å². The fraction of sp³-hybridized carbons (Fsp3) is 0.182. The summed E-state index contributed by atoms with van der Waals surface area (Å²) in [4.78, 5) is 0. The molecular formula is C11H14N2. The minimum Gasteiger partial charge on any atom is -0.262 e. The Bertz CT molecular complexity index is 277. The van der Waals surface area contributed by atoms with Gasteiger partial charge in [0.05, 0.1) is 12.2 Å². The summed E-state index contributed by atoms with van der Waals surface area (Å²) in [5.74, 6) is 0. The lowest BCUT2D eigenvalue weighted by Gasteiger charge is -2.16. The number of hydrogen-bond acceptors (Lipinski definition) is 2. The summed E-state index contributed by atoms with van der Waals surface area (Å²) in [6, 6.07) is 10.0. The van der Waals surface area contributed by atoms with Crippen LogP contribution in [0.25, 0.3) is 0 Å². The van der Waals surface area contributed by atoms with E-state index < -0.39 is 0 Å². The van der Waals surface area contributed by atoms with Gasteiger partial charge in [-0.2, -0.15) is 5.10 Å². The molecule has 0 bridgehead atoms. The first-order chi connectivity index (χ1) is 6.38. The van der Waals surface area contributed by atoms with Gasteiger partial charge in [-0.15, -0.1) is 6.58 Å². The summed E-state index contributed by atoms with van der Waals surface area (Å²) >= 11 is 0. The van der Waals surface area contributed by atoms with Crippen LogP contribution in [0.5, 0.6) is 0 Å². The van der Waals surface area contributed by atoms with Gasteiger partial charge >= 0.3 is 0 Å². The van der Waals surface area contributed by atoms with Crippen LogP contribution in [-0.4, -0.2) is 12.8 Å². The maximum atomic E-state index is 4.22. The highest BCUT2D eigenvalue weighted by molar-refractivity contribution is 5.57. The number of benzene rings is 1. The van der Waals surface area contributed by atoms with Gasteiger partial charge in [0.1, 0.15) is 0 Å². The maximum Gasteiger partial charge on any atom is 0.0597 e. The highest BCUT2D eigenvalue weighted by Crippen LogP contribution is 2.12. The SMILES string of the molecule is C=CCN(/N=C/C)c1ccccc1. The zero-order chi connectivity index (χ0) is 9.52. The van der Waals surface area contributed by atoms with E-state index in [0.717, 1.165) is 12.2 Å². The van der Waals surface area contributed by atoms with Gasteiger partial charge < -0.3 is 0 Å². The van der Waals surface area contributed by atoms with E-state index in [1.807, 2.05) is 48.3 Å². The molecule has 0 aliphatic rings. The summed E-state index contributed by atoms with van der Waals surface area (Å²) in [7, 11) is 0. The normalized spacial score (nSPS) is 10.2. The van der Waals surface area contributed by atoms with Crippen LogP contribution in [0.2, 0.25) is 0 Å². The van der Waals surface area contributed by atoms with E-state index in [2.05, 4.69) is 11.7 Å². The third-order valence-corrected chi connectivity index (χ3v) is 1.61. The summed E-state index contributed by atoms with van der Waals surface area (Å²) < 4.78 is 0. The Hall–Kier alpha value is -1.57. The minimum atomic E-state index is 0.731. The molecule has 1 aromatic carbocycles. The van der Waals surface area contributed by atoms with Crippen LogP contribution in [0, 0.1) is 0 Å². The zero-order valence-electron chi connectivity index (χ0n) is 7.85. The van der Waals surface area contributed by atoms with E-state index in [9.17, 15) is 0 Å². The number of hydrogen-bond donors (Lipinski definition) is 0. The number of rotatable bonds is 4. The Kier molecular flexibility index (Phi) is 3.76. The fourth-order valence-electron chi connectivity index (χ4n) is 1.08. The summed E-state index contributed by atoms with van der Waals surface area (Å²) in [6.45, 7) is 6.33. The van der Waals surface area contributed by atoms with Crippen LogP contribution in [0.1, 0.15) is 6.92 Å². The summed E-state index contributed by atoms with van der Waals surface area (Å²) in [5.41, 5.74) is 1.08. The van der Waals surface area contributed by atoms with Crippen LogP contribution < -0.4 is 5.01 Å². The van der Waals surface area contributed by atoms with Gasteiger partial charge in [-0.05, 0) is 19.1 Å². The minimum absolute atomic E-state index is 0.731. The number of anilines is 1. The molecule has 0 saturated carbocycles. The second kappa shape index (κ2) is 5.14. The Balaban J connectivity index is 2.81. The lowest BCUT2D eigenvalue weighted by atomic mass is 10.3. The molecule has 0 atom stereocenters. The van der Waals surface area contributed by atoms with Crippen molar-refractivity contribution in [1.29, 1.82) is 0 Å². The molecule has 1 aromatic rings. The van der Waals surface area contributed by atoms with Crippen molar-refractivity contribution in [2.75, 3.05) is 11.6 Å². The molecular weight excluding hydrogens is 160 g/mol. The zero-order valence-corrected chi connectivity index (χ0v) is 7.85. The van der Waals surface area contributed by atoms with E-state index >= 15 is 0 Å². The molecule has 0 heterocycles. The number of nitrogens with zero attached hydrogens (tertiary/aromatic N) is 2. The molecule has 68 valence electrons. The first-order valence-electron chi connectivity index (χ1n) is 4.30. The average molecular weight is 174 g/mol. The third kappa shape index (κ3) is 2.75. The van der Waals surface area contributed by atoms with Crippen LogP contribution in [0.15, 0.2) is 48.1 Å². The second-order valence-electron chi connectivity index (χ2n) is 2.58. The van der Waals surface area contributed by atoms with Gasteiger partial charge in [-0.3, -0.25) is 5.01 Å². The van der Waals surface area contributed by atoms with Gasteiger partial charge in [-0.25, -0.2) is 0 Å². The van der Waals surface area contributed by atoms with Crippen molar-refractivity contribution >= 4 is 11.9 Å². The quantitative estimate of drug-likeness (QED) is 0.389. The second-order valence-corrected chi connectivity index (χ2v) is 2.58. The van der Waals surface area contributed by atoms with Crippen LogP contribution in [0.3, 0.4) is 0 Å². The van der Waals surface area contributed by atoms with E-state index in [1.165, 1.54) is 0 Å². The van der Waals surface area contributed by atoms with Gasteiger partial charge in [0, 0.05) is 6.21 Å². The van der Waals surface area contributed by atoms with Crippen molar-refractivity contribution < 1.29 is 0 Å². The molecule has 0 aliphatic carbocycles. The molecule has 13 heavy (non-hydrogen) atoms. The predicted octanol–water partition coefficient (Wildman–Crippen LogP) is 2.68. The fourth-order valence-corrected chi connectivity index (χ4v) is 1.08. The summed E-state index contributed by atoms with van der Waals surface area (Å²) in [5, 5.41) is 6.12. The molecule has 0 unspecified atom stereocenters. The number of para-hydroxylation sites is 1. The summed E-state index contributed by atoms with van der Waals surface area (Å²) in [6.07, 6.45) is 3.61. The number of hydrazone groups is 1. The van der Waals surface area contributed by atoms with Gasteiger partial charge in [0.15, 0.2) is 0 Å².